The van der Waals surface area contributed by atoms with E-state index in [9.17, 15) is 4.39 Å². The Morgan fingerprint density at radius 3 is 2.62 bits per heavy atom. The molecule has 1 fully saturated rings. The van der Waals surface area contributed by atoms with Crippen LogP contribution >= 0.6 is 0 Å². The van der Waals surface area contributed by atoms with Crippen LogP contribution in [0, 0.1) is 11.7 Å². The van der Waals surface area contributed by atoms with Gasteiger partial charge in [0.1, 0.15) is 5.82 Å². The van der Waals surface area contributed by atoms with Gasteiger partial charge >= 0.3 is 0 Å². The minimum atomic E-state index is -0.200. The lowest BCUT2D eigenvalue weighted by Gasteiger charge is -2.31. The largest absolute Gasteiger partial charge is 0.383 e. The van der Waals surface area contributed by atoms with Gasteiger partial charge in [-0.25, -0.2) is 4.39 Å². The number of ether oxygens (including phenoxy) is 1. The molecule has 0 radical (unpaired) electrons. The van der Waals surface area contributed by atoms with Crippen molar-refractivity contribution in [2.75, 3.05) is 53.5 Å². The van der Waals surface area contributed by atoms with Crippen molar-refractivity contribution in [1.82, 2.24) is 15.1 Å². The van der Waals surface area contributed by atoms with Crippen molar-refractivity contribution in [2.45, 2.75) is 26.3 Å². The highest BCUT2D eigenvalue weighted by molar-refractivity contribution is 5.79. The van der Waals surface area contributed by atoms with Gasteiger partial charge in [-0.15, -0.1) is 0 Å². The number of halogens is 1. The van der Waals surface area contributed by atoms with Gasteiger partial charge in [-0.1, -0.05) is 12.1 Å². The molecule has 1 aromatic carbocycles. The Morgan fingerprint density at radius 1 is 1.31 bits per heavy atom. The topological polar surface area (TPSA) is 40.1 Å². The van der Waals surface area contributed by atoms with Gasteiger partial charge in [-0.3, -0.25) is 4.99 Å². The van der Waals surface area contributed by atoms with Crippen molar-refractivity contribution in [3.63, 3.8) is 0 Å². The SMILES string of the molecule is CCNC(=NCC1CCN(CCOC)CC1)N(C)Cc1ccc(F)cc1. The van der Waals surface area contributed by atoms with Gasteiger partial charge < -0.3 is 19.9 Å². The van der Waals surface area contributed by atoms with Crippen LogP contribution in [0.15, 0.2) is 29.3 Å². The van der Waals surface area contributed by atoms with E-state index in [2.05, 4.69) is 22.0 Å². The Hall–Kier alpha value is -1.66. The summed E-state index contributed by atoms with van der Waals surface area (Å²) >= 11 is 0. The minimum absolute atomic E-state index is 0.200. The number of methoxy groups -OCH3 is 1. The van der Waals surface area contributed by atoms with Gasteiger partial charge in [0.2, 0.25) is 0 Å². The fourth-order valence-electron chi connectivity index (χ4n) is 3.24. The zero-order valence-corrected chi connectivity index (χ0v) is 16.4. The van der Waals surface area contributed by atoms with Gasteiger partial charge in [0, 0.05) is 40.3 Å². The molecule has 1 aromatic rings. The standard InChI is InChI=1S/C20H33FN4O/c1-4-22-20(24(2)16-18-5-7-19(21)8-6-18)23-15-17-9-11-25(12-10-17)13-14-26-3/h5-8,17H,4,9-16H2,1-3H3,(H,22,23). The molecule has 0 amide bonds. The molecule has 0 atom stereocenters. The minimum Gasteiger partial charge on any atom is -0.383 e. The number of likely N-dealkylation sites (tertiary alicyclic amines) is 1. The summed E-state index contributed by atoms with van der Waals surface area (Å²) in [7, 11) is 3.78. The highest BCUT2D eigenvalue weighted by Crippen LogP contribution is 2.17. The molecule has 26 heavy (non-hydrogen) atoms. The Labute approximate surface area is 157 Å². The van der Waals surface area contributed by atoms with Gasteiger partial charge in [-0.2, -0.15) is 0 Å². The van der Waals surface area contributed by atoms with E-state index in [1.54, 1.807) is 7.11 Å². The zero-order chi connectivity index (χ0) is 18.8. The highest BCUT2D eigenvalue weighted by atomic mass is 19.1. The average molecular weight is 365 g/mol. The van der Waals surface area contributed by atoms with E-state index in [0.717, 1.165) is 50.9 Å². The van der Waals surface area contributed by atoms with Crippen LogP contribution in [0.1, 0.15) is 25.3 Å². The lowest BCUT2D eigenvalue weighted by Crippen LogP contribution is -2.40. The maximum atomic E-state index is 13.1. The Kier molecular flexibility index (Phi) is 8.85. The predicted molar refractivity (Wildman–Crippen MR) is 105 cm³/mol. The second-order valence-corrected chi connectivity index (χ2v) is 6.95. The first-order valence-corrected chi connectivity index (χ1v) is 9.57. The molecule has 0 bridgehead atoms. The maximum absolute atomic E-state index is 13.1. The summed E-state index contributed by atoms with van der Waals surface area (Å²) < 4.78 is 18.2. The molecule has 0 aliphatic carbocycles. The molecule has 1 aliphatic rings. The molecule has 1 aliphatic heterocycles. The van der Waals surface area contributed by atoms with Gasteiger partial charge in [-0.05, 0) is 56.5 Å². The average Bonchev–Trinajstić information content (AvgIpc) is 2.66. The summed E-state index contributed by atoms with van der Waals surface area (Å²) in [6, 6.07) is 6.66. The third-order valence-electron chi connectivity index (χ3n) is 4.85. The van der Waals surface area contributed by atoms with Gasteiger partial charge in [0.25, 0.3) is 0 Å². The maximum Gasteiger partial charge on any atom is 0.193 e. The summed E-state index contributed by atoms with van der Waals surface area (Å²) in [5.41, 5.74) is 1.07. The molecule has 2 rings (SSSR count). The first-order chi connectivity index (χ1) is 12.6. The van der Waals surface area contributed by atoms with Crippen molar-refractivity contribution in [1.29, 1.82) is 0 Å². The molecule has 1 heterocycles. The summed E-state index contributed by atoms with van der Waals surface area (Å²) in [4.78, 5) is 9.42. The molecule has 146 valence electrons. The number of nitrogens with zero attached hydrogens (tertiary/aromatic N) is 3. The smallest absolute Gasteiger partial charge is 0.193 e. The van der Waals surface area contributed by atoms with Crippen LogP contribution in [0.5, 0.6) is 0 Å². The van der Waals surface area contributed by atoms with E-state index in [-0.39, 0.29) is 5.82 Å². The Morgan fingerprint density at radius 2 is 2.00 bits per heavy atom. The number of piperidine rings is 1. The summed E-state index contributed by atoms with van der Waals surface area (Å²) in [6.45, 7) is 8.57. The number of benzene rings is 1. The lowest BCUT2D eigenvalue weighted by atomic mass is 9.97. The zero-order valence-electron chi connectivity index (χ0n) is 16.4. The Bertz CT molecular complexity index is 541. The van der Waals surface area contributed by atoms with Gasteiger partial charge in [0.05, 0.1) is 6.61 Å². The van der Waals surface area contributed by atoms with Crippen LogP contribution < -0.4 is 5.32 Å². The number of hydrogen-bond donors (Lipinski definition) is 1. The first-order valence-electron chi connectivity index (χ1n) is 9.57. The van der Waals surface area contributed by atoms with Crippen LogP contribution in [0.2, 0.25) is 0 Å². The van der Waals surface area contributed by atoms with E-state index in [0.29, 0.717) is 12.5 Å². The molecule has 6 heteroatoms. The second-order valence-electron chi connectivity index (χ2n) is 6.95. The number of nitrogens with one attached hydrogen (secondary N) is 1. The molecule has 1 N–H and O–H groups in total. The Balaban J connectivity index is 1.84. The second kappa shape index (κ2) is 11.1. The molecular weight excluding hydrogens is 331 g/mol. The van der Waals surface area contributed by atoms with Crippen LogP contribution in [-0.4, -0.2) is 69.2 Å². The van der Waals surface area contributed by atoms with Gasteiger partial charge in [0.15, 0.2) is 5.96 Å². The van der Waals surface area contributed by atoms with Crippen molar-refractivity contribution in [3.8, 4) is 0 Å². The molecule has 0 aromatic heterocycles. The third kappa shape index (κ3) is 6.92. The molecule has 5 nitrogen and oxygen atoms in total. The van der Waals surface area contributed by atoms with E-state index < -0.39 is 0 Å². The van der Waals surface area contributed by atoms with Crippen LogP contribution in [0.4, 0.5) is 4.39 Å². The number of guanidine groups is 1. The fourth-order valence-corrected chi connectivity index (χ4v) is 3.24. The number of aliphatic imine (C=N–C) groups is 1. The monoisotopic (exact) mass is 364 g/mol. The normalized spacial score (nSPS) is 16.7. The number of hydrogen-bond acceptors (Lipinski definition) is 3. The van der Waals surface area contributed by atoms with Crippen LogP contribution in [0.25, 0.3) is 0 Å². The molecular formula is C20H33FN4O. The van der Waals surface area contributed by atoms with Crippen molar-refractivity contribution >= 4 is 5.96 Å². The van der Waals surface area contributed by atoms with E-state index in [1.807, 2.05) is 19.2 Å². The summed E-state index contributed by atoms with van der Waals surface area (Å²) in [6.07, 6.45) is 2.38. The van der Waals surface area contributed by atoms with E-state index >= 15 is 0 Å². The molecule has 0 unspecified atom stereocenters. The van der Waals surface area contributed by atoms with Crippen LogP contribution in [0.3, 0.4) is 0 Å². The quantitative estimate of drug-likeness (QED) is 0.569. The third-order valence-corrected chi connectivity index (χ3v) is 4.85. The first kappa shape index (κ1) is 20.6. The van der Waals surface area contributed by atoms with Crippen molar-refractivity contribution in [3.05, 3.63) is 35.6 Å². The van der Waals surface area contributed by atoms with E-state index in [1.165, 1.54) is 25.0 Å². The summed E-state index contributed by atoms with van der Waals surface area (Å²) in [5, 5.41) is 3.37. The predicted octanol–water partition coefficient (Wildman–Crippen LogP) is 2.58. The van der Waals surface area contributed by atoms with E-state index in [4.69, 9.17) is 9.73 Å². The van der Waals surface area contributed by atoms with Crippen molar-refractivity contribution in [2.24, 2.45) is 10.9 Å². The molecule has 0 spiro atoms. The summed E-state index contributed by atoms with van der Waals surface area (Å²) in [5.74, 6) is 1.36. The lowest BCUT2D eigenvalue weighted by molar-refractivity contribution is 0.121. The number of rotatable bonds is 8. The fraction of sp³-hybridized carbons (Fsp3) is 0.650. The molecule has 1 saturated heterocycles. The molecule has 0 saturated carbocycles. The van der Waals surface area contributed by atoms with Crippen LogP contribution in [-0.2, 0) is 11.3 Å². The van der Waals surface area contributed by atoms with Crippen molar-refractivity contribution < 1.29 is 9.13 Å². The highest BCUT2D eigenvalue weighted by Gasteiger charge is 2.19.